The largest absolute Gasteiger partial charge is 0.363 e. The van der Waals surface area contributed by atoms with E-state index in [1.54, 1.807) is 0 Å². The Bertz CT molecular complexity index is 1590. The molecule has 0 aliphatic carbocycles. The fraction of sp³-hybridized carbons (Fsp3) is 0.0714. The Hall–Kier alpha value is -3.58. The minimum Gasteiger partial charge on any atom is -0.363 e. The number of hydrogen-bond acceptors (Lipinski definition) is 1. The maximum atomic E-state index is 2.51. The van der Waals surface area contributed by atoms with Crippen molar-refractivity contribution in [3.63, 3.8) is 0 Å². The zero-order valence-corrected chi connectivity index (χ0v) is 15.9. The van der Waals surface area contributed by atoms with Gasteiger partial charge in [0, 0.05) is 18.8 Å². The molecule has 0 bridgehead atoms. The second kappa shape index (κ2) is 4.69. The van der Waals surface area contributed by atoms with E-state index in [-0.39, 0.29) is 0 Å². The van der Waals surface area contributed by atoms with Crippen LogP contribution in [0.2, 0.25) is 0 Å². The Labute approximate surface area is 167 Å². The van der Waals surface area contributed by atoms with Gasteiger partial charge in [0.15, 0.2) is 0 Å². The number of para-hydroxylation sites is 1. The normalized spacial score (nSPS) is 14.6. The van der Waals surface area contributed by atoms with Crippen LogP contribution in [-0.4, -0.2) is 0 Å². The van der Waals surface area contributed by atoms with Gasteiger partial charge in [0.05, 0.1) is 0 Å². The SMILES string of the molecule is c1ccc(N2Cc3cc4ccc5ccc6ccc7cc(c3c3c4c5c6c73)C2)cc1. The minimum absolute atomic E-state index is 0.972. The summed E-state index contributed by atoms with van der Waals surface area (Å²) in [4.78, 5) is 2.51. The van der Waals surface area contributed by atoms with Crippen LogP contribution in [0.3, 0.4) is 0 Å². The lowest BCUT2D eigenvalue weighted by molar-refractivity contribution is 0.790. The Morgan fingerprint density at radius 3 is 1.48 bits per heavy atom. The average molecular weight is 367 g/mol. The zero-order chi connectivity index (χ0) is 18.7. The highest BCUT2D eigenvalue weighted by Crippen LogP contribution is 2.50. The number of rotatable bonds is 1. The molecule has 0 atom stereocenters. The molecule has 0 aromatic heterocycles. The quantitative estimate of drug-likeness (QED) is 0.275. The van der Waals surface area contributed by atoms with Crippen molar-refractivity contribution < 1.29 is 0 Å². The summed E-state index contributed by atoms with van der Waals surface area (Å²) in [5.41, 5.74) is 4.22. The van der Waals surface area contributed by atoms with Gasteiger partial charge in [-0.2, -0.15) is 0 Å². The molecule has 1 aliphatic heterocycles. The van der Waals surface area contributed by atoms with Crippen molar-refractivity contribution in [2.75, 3.05) is 4.90 Å². The van der Waals surface area contributed by atoms with Crippen molar-refractivity contribution in [2.45, 2.75) is 13.1 Å². The van der Waals surface area contributed by atoms with E-state index in [9.17, 15) is 0 Å². The number of nitrogens with zero attached hydrogens (tertiary/aromatic N) is 1. The van der Waals surface area contributed by atoms with Crippen LogP contribution in [0, 0.1) is 0 Å². The average Bonchev–Trinajstić information content (AvgIpc) is 3.14. The van der Waals surface area contributed by atoms with Gasteiger partial charge in [0.2, 0.25) is 0 Å². The fourth-order valence-electron chi connectivity index (χ4n) is 6.01. The molecule has 0 unspecified atom stereocenters. The first-order valence-corrected chi connectivity index (χ1v) is 10.4. The van der Waals surface area contributed by atoms with Crippen LogP contribution >= 0.6 is 0 Å². The van der Waals surface area contributed by atoms with Gasteiger partial charge in [-0.1, -0.05) is 54.6 Å². The molecule has 29 heavy (non-hydrogen) atoms. The monoisotopic (exact) mass is 367 g/mol. The van der Waals surface area contributed by atoms with Gasteiger partial charge >= 0.3 is 0 Å². The van der Waals surface area contributed by atoms with Crippen molar-refractivity contribution in [3.05, 3.63) is 90.0 Å². The van der Waals surface area contributed by atoms with Crippen molar-refractivity contribution >= 4 is 59.5 Å². The highest BCUT2D eigenvalue weighted by molar-refractivity contribution is 6.44. The van der Waals surface area contributed by atoms with Crippen LogP contribution in [0.4, 0.5) is 5.69 Å². The third-order valence-corrected chi connectivity index (χ3v) is 7.13. The Morgan fingerprint density at radius 1 is 0.448 bits per heavy atom. The Kier molecular flexibility index (Phi) is 2.33. The van der Waals surface area contributed by atoms with Gasteiger partial charge in [-0.3, -0.25) is 0 Å². The fourth-order valence-corrected chi connectivity index (χ4v) is 6.01. The standard InChI is InChI=1S/C28H17N/c1-2-4-22(5-3-1)29-14-20-12-18-10-8-16-6-7-17-9-11-19-13-21(15-29)23(20)28-26(18)24(16)25(17)27(19)28/h1-13H,14-15H2. The molecule has 0 spiro atoms. The molecule has 0 saturated heterocycles. The van der Waals surface area contributed by atoms with Crippen LogP contribution in [0.15, 0.2) is 78.9 Å². The lowest BCUT2D eigenvalue weighted by Crippen LogP contribution is -2.26. The van der Waals surface area contributed by atoms with Gasteiger partial charge < -0.3 is 4.90 Å². The van der Waals surface area contributed by atoms with Crippen LogP contribution in [0.25, 0.3) is 53.9 Å². The van der Waals surface area contributed by atoms with Gasteiger partial charge in [-0.15, -0.1) is 0 Å². The van der Waals surface area contributed by atoms with Gasteiger partial charge in [-0.25, -0.2) is 0 Å². The third kappa shape index (κ3) is 1.61. The smallest absolute Gasteiger partial charge is 0.0439 e. The molecule has 0 N–H and O–H groups in total. The van der Waals surface area contributed by atoms with Crippen molar-refractivity contribution in [1.82, 2.24) is 0 Å². The highest BCUT2D eigenvalue weighted by Gasteiger charge is 2.26. The molecular weight excluding hydrogens is 350 g/mol. The molecule has 0 radical (unpaired) electrons. The molecule has 7 aromatic rings. The van der Waals surface area contributed by atoms with E-state index in [1.807, 2.05) is 0 Å². The summed E-state index contributed by atoms with van der Waals surface area (Å²) in [6.45, 7) is 1.94. The van der Waals surface area contributed by atoms with Crippen molar-refractivity contribution in [2.24, 2.45) is 0 Å². The van der Waals surface area contributed by atoms with Crippen LogP contribution < -0.4 is 4.90 Å². The first-order chi connectivity index (χ1) is 14.4. The maximum Gasteiger partial charge on any atom is 0.0439 e. The summed E-state index contributed by atoms with van der Waals surface area (Å²) in [7, 11) is 0. The predicted molar refractivity (Wildman–Crippen MR) is 124 cm³/mol. The summed E-state index contributed by atoms with van der Waals surface area (Å²) < 4.78 is 0. The topological polar surface area (TPSA) is 3.24 Å². The summed E-state index contributed by atoms with van der Waals surface area (Å²) >= 11 is 0. The second-order valence-corrected chi connectivity index (χ2v) is 8.60. The predicted octanol–water partition coefficient (Wildman–Crippen LogP) is 7.29. The van der Waals surface area contributed by atoms with Crippen LogP contribution in [0.1, 0.15) is 11.1 Å². The van der Waals surface area contributed by atoms with Crippen LogP contribution in [-0.2, 0) is 13.1 Å². The van der Waals surface area contributed by atoms with E-state index in [2.05, 4.69) is 83.8 Å². The molecule has 1 nitrogen and oxygen atoms in total. The van der Waals surface area contributed by atoms with Crippen molar-refractivity contribution in [1.29, 1.82) is 0 Å². The maximum absolute atomic E-state index is 2.51. The summed E-state index contributed by atoms with van der Waals surface area (Å²) in [6.07, 6.45) is 0. The molecule has 0 amide bonds. The number of benzene rings is 6. The zero-order valence-electron chi connectivity index (χ0n) is 15.9. The third-order valence-electron chi connectivity index (χ3n) is 7.13. The molecular formula is C28H17N. The summed E-state index contributed by atoms with van der Waals surface area (Å²) in [5.74, 6) is 0. The van der Waals surface area contributed by atoms with E-state index in [1.165, 1.54) is 70.7 Å². The lowest BCUT2D eigenvalue weighted by Gasteiger charge is -2.31. The summed E-state index contributed by atoms with van der Waals surface area (Å²) in [5, 5.41) is 14.4. The molecule has 8 rings (SSSR count). The van der Waals surface area contributed by atoms with E-state index in [0.29, 0.717) is 0 Å². The van der Waals surface area contributed by atoms with Crippen molar-refractivity contribution in [3.8, 4) is 0 Å². The van der Waals surface area contributed by atoms with Gasteiger partial charge in [-0.05, 0) is 89.3 Å². The summed E-state index contributed by atoms with van der Waals surface area (Å²) in [6, 6.07) is 29.6. The Morgan fingerprint density at radius 2 is 0.931 bits per heavy atom. The van der Waals surface area contributed by atoms with E-state index < -0.39 is 0 Å². The first kappa shape index (κ1) is 14.4. The molecule has 1 aliphatic rings. The number of anilines is 1. The molecule has 7 aromatic carbocycles. The lowest BCUT2D eigenvalue weighted by atomic mass is 9.89. The molecule has 0 fully saturated rings. The minimum atomic E-state index is 0.972. The van der Waals surface area contributed by atoms with E-state index in [0.717, 1.165) is 13.1 Å². The molecule has 1 heterocycles. The number of hydrogen-bond donors (Lipinski definition) is 0. The van der Waals surface area contributed by atoms with Gasteiger partial charge in [0.25, 0.3) is 0 Å². The van der Waals surface area contributed by atoms with Crippen LogP contribution in [0.5, 0.6) is 0 Å². The molecule has 0 saturated carbocycles. The van der Waals surface area contributed by atoms with E-state index in [4.69, 9.17) is 0 Å². The second-order valence-electron chi connectivity index (χ2n) is 8.60. The Balaban J connectivity index is 1.58. The van der Waals surface area contributed by atoms with Gasteiger partial charge in [0.1, 0.15) is 0 Å². The highest BCUT2D eigenvalue weighted by atomic mass is 15.1. The first-order valence-electron chi connectivity index (χ1n) is 10.4. The molecule has 134 valence electrons. The molecule has 1 heteroatoms. The van der Waals surface area contributed by atoms with E-state index >= 15 is 0 Å².